The molecule has 0 saturated carbocycles. The summed E-state index contributed by atoms with van der Waals surface area (Å²) < 4.78 is 43.1. The van der Waals surface area contributed by atoms with Crippen molar-refractivity contribution in [2.45, 2.75) is 17.8 Å². The van der Waals surface area contributed by atoms with Gasteiger partial charge in [0.25, 0.3) is 5.91 Å². The average molecular weight is 585 g/mol. The van der Waals surface area contributed by atoms with Crippen molar-refractivity contribution in [2.75, 3.05) is 23.9 Å². The molecule has 14 heteroatoms. The number of halogens is 7. The molecule has 2 N–H and O–H groups in total. The zero-order valence-corrected chi connectivity index (χ0v) is 21.4. The van der Waals surface area contributed by atoms with Crippen LogP contribution in [0.1, 0.15) is 5.56 Å². The molecule has 2 heterocycles. The highest BCUT2D eigenvalue weighted by Gasteiger charge is 2.72. The number of aliphatic carboxylic acids is 1. The SMILES string of the molecule is CN(C(=O)C1C(C(F)(F)F)NC2(C(=O)N(C)c3c(Cl)cc(Cl)cc32)[C@@H]1C(=O)O)c1cc(Cl)cc(Cl)c1. The van der Waals surface area contributed by atoms with Crippen molar-refractivity contribution in [1.29, 1.82) is 0 Å². The van der Waals surface area contributed by atoms with Gasteiger partial charge in [0.1, 0.15) is 17.5 Å². The number of anilines is 2. The van der Waals surface area contributed by atoms with Crippen LogP contribution in [-0.2, 0) is 19.9 Å². The second-order valence-electron chi connectivity index (χ2n) is 8.49. The summed E-state index contributed by atoms with van der Waals surface area (Å²) in [7, 11) is 2.40. The number of carbonyl (C=O) groups excluding carboxylic acids is 2. The maximum absolute atomic E-state index is 14.4. The van der Waals surface area contributed by atoms with Crippen molar-refractivity contribution in [3.63, 3.8) is 0 Å². The second kappa shape index (κ2) is 8.95. The molecule has 1 fully saturated rings. The maximum Gasteiger partial charge on any atom is 0.404 e. The number of fused-ring (bicyclic) bond motifs is 2. The molecule has 3 unspecified atom stereocenters. The Morgan fingerprint density at radius 2 is 1.61 bits per heavy atom. The Labute approximate surface area is 222 Å². The number of amides is 2. The third-order valence-corrected chi connectivity index (χ3v) is 7.41. The molecule has 0 aromatic heterocycles. The fraction of sp³-hybridized carbons (Fsp3) is 0.318. The number of hydrogen-bond donors (Lipinski definition) is 2. The molecule has 2 aliphatic rings. The van der Waals surface area contributed by atoms with E-state index in [0.29, 0.717) is 0 Å². The number of carboxylic acids is 1. The third kappa shape index (κ3) is 3.99. The lowest BCUT2D eigenvalue weighted by molar-refractivity contribution is -0.169. The minimum atomic E-state index is -5.12. The van der Waals surface area contributed by atoms with Crippen LogP contribution >= 0.6 is 46.4 Å². The zero-order chi connectivity index (χ0) is 26.9. The number of rotatable bonds is 3. The van der Waals surface area contributed by atoms with Crippen molar-refractivity contribution in [2.24, 2.45) is 11.8 Å². The number of benzene rings is 2. The van der Waals surface area contributed by atoms with Crippen molar-refractivity contribution >= 4 is 75.6 Å². The van der Waals surface area contributed by atoms with Crippen LogP contribution in [-0.4, -0.2) is 49.2 Å². The molecule has 36 heavy (non-hydrogen) atoms. The summed E-state index contributed by atoms with van der Waals surface area (Å²) in [5.74, 6) is -8.47. The van der Waals surface area contributed by atoms with Gasteiger partial charge in [-0.05, 0) is 30.3 Å². The van der Waals surface area contributed by atoms with E-state index in [1.807, 2.05) is 0 Å². The number of nitrogens with one attached hydrogen (secondary N) is 1. The largest absolute Gasteiger partial charge is 0.481 e. The molecule has 0 bridgehead atoms. The molecule has 192 valence electrons. The Hall–Kier alpha value is -2.24. The molecule has 7 nitrogen and oxygen atoms in total. The number of alkyl halides is 3. The lowest BCUT2D eigenvalue weighted by Crippen LogP contribution is -2.54. The van der Waals surface area contributed by atoms with Gasteiger partial charge in [0.05, 0.1) is 16.6 Å². The van der Waals surface area contributed by atoms with E-state index in [4.69, 9.17) is 46.4 Å². The molecule has 2 aliphatic heterocycles. The predicted molar refractivity (Wildman–Crippen MR) is 129 cm³/mol. The van der Waals surface area contributed by atoms with Gasteiger partial charge in [-0.25, -0.2) is 0 Å². The van der Waals surface area contributed by atoms with Crippen molar-refractivity contribution in [1.82, 2.24) is 5.32 Å². The van der Waals surface area contributed by atoms with Gasteiger partial charge in [-0.1, -0.05) is 46.4 Å². The Morgan fingerprint density at radius 1 is 1.06 bits per heavy atom. The molecule has 1 saturated heterocycles. The van der Waals surface area contributed by atoms with Gasteiger partial charge in [0.2, 0.25) is 5.91 Å². The molecule has 0 radical (unpaired) electrons. The van der Waals surface area contributed by atoms with E-state index in [9.17, 15) is 32.7 Å². The molecule has 4 atom stereocenters. The Bertz CT molecular complexity index is 1290. The van der Waals surface area contributed by atoms with Crippen molar-refractivity contribution in [3.8, 4) is 0 Å². The van der Waals surface area contributed by atoms with Crippen molar-refractivity contribution < 1.29 is 32.7 Å². The second-order valence-corrected chi connectivity index (χ2v) is 10.2. The van der Waals surface area contributed by atoms with Gasteiger partial charge in [-0.15, -0.1) is 0 Å². The summed E-state index contributed by atoms with van der Waals surface area (Å²) in [6, 6.07) is 3.66. The monoisotopic (exact) mass is 583 g/mol. The topological polar surface area (TPSA) is 90.0 Å². The van der Waals surface area contributed by atoms with Gasteiger partial charge in [0.15, 0.2) is 0 Å². The summed E-state index contributed by atoms with van der Waals surface area (Å²) in [6.45, 7) is 0. The van der Waals surface area contributed by atoms with E-state index in [1.54, 1.807) is 0 Å². The van der Waals surface area contributed by atoms with E-state index in [-0.39, 0.29) is 37.0 Å². The average Bonchev–Trinajstić information content (AvgIpc) is 3.22. The Morgan fingerprint density at radius 3 is 2.14 bits per heavy atom. The van der Waals surface area contributed by atoms with Crippen molar-refractivity contribution in [3.05, 3.63) is 56.0 Å². The summed E-state index contributed by atoms with van der Waals surface area (Å²) in [5, 5.41) is 12.5. The highest BCUT2D eigenvalue weighted by Crippen LogP contribution is 2.56. The summed E-state index contributed by atoms with van der Waals surface area (Å²) in [5.41, 5.74) is -2.62. The number of likely N-dealkylation sites (N-methyl/N-ethyl adjacent to an activating group) is 1. The van der Waals surface area contributed by atoms with Crippen LogP contribution in [0.15, 0.2) is 30.3 Å². The quantitative estimate of drug-likeness (QED) is 0.531. The smallest absolute Gasteiger partial charge is 0.404 e. The van der Waals surface area contributed by atoms with Crippen LogP contribution < -0.4 is 15.1 Å². The van der Waals surface area contributed by atoms with Gasteiger partial charge in [0, 0.05) is 40.4 Å². The number of hydrogen-bond acceptors (Lipinski definition) is 4. The van der Waals surface area contributed by atoms with Crippen LogP contribution in [0.25, 0.3) is 0 Å². The molecular weight excluding hydrogens is 569 g/mol. The van der Waals surface area contributed by atoms with Crippen LogP contribution in [0.3, 0.4) is 0 Å². The highest BCUT2D eigenvalue weighted by molar-refractivity contribution is 6.38. The number of carboxylic acid groups (broad SMARTS) is 1. The van der Waals surface area contributed by atoms with E-state index in [1.165, 1.54) is 37.4 Å². The van der Waals surface area contributed by atoms with Crippen LogP contribution in [0, 0.1) is 11.8 Å². The number of nitrogens with zero attached hydrogens (tertiary/aromatic N) is 2. The molecule has 4 rings (SSSR count). The van der Waals surface area contributed by atoms with Gasteiger partial charge >= 0.3 is 12.1 Å². The normalized spacial score (nSPS) is 25.4. The lowest BCUT2D eigenvalue weighted by Gasteiger charge is -2.30. The minimum absolute atomic E-state index is 0.00572. The van der Waals surface area contributed by atoms with Crippen LogP contribution in [0.4, 0.5) is 24.5 Å². The molecule has 2 amide bonds. The Balaban J connectivity index is 1.94. The molecule has 2 aromatic rings. The highest BCUT2D eigenvalue weighted by atomic mass is 35.5. The standard InChI is InChI=1S/C22H16Cl4F3N3O4/c1-31(11-4-8(23)3-9(24)5-11)18(33)14-15(19(34)35)21(30-17(14)22(27,28)29)12-6-10(25)7-13(26)16(12)32(2)20(21)36/h3-7,14-15,17,30H,1-2H3,(H,34,35)/t14?,15-,17?,21?/m0/s1. The molecule has 1 spiro atoms. The fourth-order valence-electron chi connectivity index (χ4n) is 5.01. The van der Waals surface area contributed by atoms with Gasteiger partial charge in [-0.2, -0.15) is 13.2 Å². The predicted octanol–water partition coefficient (Wildman–Crippen LogP) is 4.99. The minimum Gasteiger partial charge on any atom is -0.481 e. The first-order valence-electron chi connectivity index (χ1n) is 10.2. The summed E-state index contributed by atoms with van der Waals surface area (Å²) in [4.78, 5) is 41.5. The van der Waals surface area contributed by atoms with E-state index in [2.05, 4.69) is 5.32 Å². The zero-order valence-electron chi connectivity index (χ0n) is 18.3. The summed E-state index contributed by atoms with van der Waals surface area (Å²) in [6.07, 6.45) is -5.12. The van der Waals surface area contributed by atoms with E-state index < -0.39 is 47.4 Å². The maximum atomic E-state index is 14.4. The first kappa shape index (κ1) is 26.8. The van der Waals surface area contributed by atoms with Gasteiger partial charge < -0.3 is 14.9 Å². The lowest BCUT2D eigenvalue weighted by atomic mass is 9.74. The van der Waals surface area contributed by atoms with Crippen LogP contribution in [0.5, 0.6) is 0 Å². The third-order valence-electron chi connectivity index (χ3n) is 6.47. The van der Waals surface area contributed by atoms with Gasteiger partial charge in [-0.3, -0.25) is 19.7 Å². The first-order chi connectivity index (χ1) is 16.6. The molecule has 2 aromatic carbocycles. The first-order valence-corrected chi connectivity index (χ1v) is 11.7. The fourth-order valence-corrected chi connectivity index (χ4v) is 6.14. The van der Waals surface area contributed by atoms with E-state index >= 15 is 0 Å². The number of carbonyl (C=O) groups is 3. The van der Waals surface area contributed by atoms with Crippen LogP contribution in [0.2, 0.25) is 20.1 Å². The summed E-state index contributed by atoms with van der Waals surface area (Å²) >= 11 is 24.3. The molecule has 0 aliphatic carbocycles. The Kier molecular flexibility index (Phi) is 6.67. The van der Waals surface area contributed by atoms with E-state index in [0.717, 1.165) is 16.8 Å². The molecular formula is C22H16Cl4F3N3O4.